The molecule has 0 aromatic carbocycles. The van der Waals surface area contributed by atoms with Gasteiger partial charge < -0.3 is 15.0 Å². The first-order valence-electron chi connectivity index (χ1n) is 8.51. The van der Waals surface area contributed by atoms with E-state index in [2.05, 4.69) is 36.2 Å². The van der Waals surface area contributed by atoms with Gasteiger partial charge in [-0.05, 0) is 12.8 Å². The third kappa shape index (κ3) is 3.58. The largest absolute Gasteiger partial charge is 0.378 e. The van der Waals surface area contributed by atoms with Crippen LogP contribution in [0.4, 0.5) is 5.82 Å². The highest BCUT2D eigenvalue weighted by molar-refractivity contribution is 5.92. The van der Waals surface area contributed by atoms with Gasteiger partial charge in [-0.25, -0.2) is 15.0 Å². The molecular weight excluding hydrogens is 320 g/mol. The molecule has 1 saturated heterocycles. The van der Waals surface area contributed by atoms with Crippen LogP contribution in [0.2, 0.25) is 0 Å². The van der Waals surface area contributed by atoms with Gasteiger partial charge in [0.25, 0.3) is 5.91 Å². The van der Waals surface area contributed by atoms with Crippen molar-refractivity contribution in [3.8, 4) is 0 Å². The summed E-state index contributed by atoms with van der Waals surface area (Å²) in [5.41, 5.74) is 1.39. The third-order valence-electron chi connectivity index (χ3n) is 4.70. The van der Waals surface area contributed by atoms with Crippen LogP contribution in [0.5, 0.6) is 0 Å². The molecule has 2 aromatic heterocycles. The van der Waals surface area contributed by atoms with Gasteiger partial charge in [-0.3, -0.25) is 9.78 Å². The lowest BCUT2D eigenvalue weighted by Crippen LogP contribution is -2.44. The number of ether oxygens (including phenoxy) is 1. The molecule has 2 aliphatic rings. The lowest BCUT2D eigenvalue weighted by atomic mass is 9.78. The summed E-state index contributed by atoms with van der Waals surface area (Å²) in [6.45, 7) is 3.19. The zero-order chi connectivity index (χ0) is 17.1. The maximum absolute atomic E-state index is 12.1. The summed E-state index contributed by atoms with van der Waals surface area (Å²) in [4.78, 5) is 31.1. The molecule has 0 spiro atoms. The topological polar surface area (TPSA) is 93.1 Å². The van der Waals surface area contributed by atoms with Crippen molar-refractivity contribution >= 4 is 11.7 Å². The van der Waals surface area contributed by atoms with Gasteiger partial charge in [-0.1, -0.05) is 0 Å². The van der Waals surface area contributed by atoms with E-state index in [-0.39, 0.29) is 11.9 Å². The standard InChI is InChI=1S/C17H20N6O2/c24-17(15-10-18-1-2-19-15)22-13-7-12(8-13)14-9-16(21-11-20-14)23-3-5-25-6-4-23/h1-2,9-13H,3-8H2,(H,22,24). The summed E-state index contributed by atoms with van der Waals surface area (Å²) in [6.07, 6.45) is 7.94. The molecule has 1 aliphatic carbocycles. The Bertz CT molecular complexity index is 729. The van der Waals surface area contributed by atoms with Crippen LogP contribution in [-0.4, -0.2) is 58.2 Å². The van der Waals surface area contributed by atoms with Crippen LogP contribution in [0.15, 0.2) is 31.0 Å². The van der Waals surface area contributed by atoms with Gasteiger partial charge in [0.05, 0.1) is 19.4 Å². The number of carbonyl (C=O) groups is 1. The van der Waals surface area contributed by atoms with Gasteiger partial charge in [0.15, 0.2) is 0 Å². The van der Waals surface area contributed by atoms with E-state index in [0.717, 1.165) is 50.7 Å². The summed E-state index contributed by atoms with van der Waals surface area (Å²) in [6, 6.07) is 2.22. The first-order valence-corrected chi connectivity index (χ1v) is 8.51. The van der Waals surface area contributed by atoms with Gasteiger partial charge in [0.1, 0.15) is 17.8 Å². The number of nitrogens with zero attached hydrogens (tertiary/aromatic N) is 5. The smallest absolute Gasteiger partial charge is 0.271 e. The quantitative estimate of drug-likeness (QED) is 0.879. The molecule has 3 heterocycles. The Kier molecular flexibility index (Phi) is 4.51. The van der Waals surface area contributed by atoms with Crippen LogP contribution < -0.4 is 10.2 Å². The molecule has 1 amide bonds. The fourth-order valence-electron chi connectivity index (χ4n) is 3.20. The molecule has 8 heteroatoms. The van der Waals surface area contributed by atoms with Gasteiger partial charge >= 0.3 is 0 Å². The second-order valence-corrected chi connectivity index (χ2v) is 6.33. The summed E-state index contributed by atoms with van der Waals surface area (Å²) < 4.78 is 5.38. The molecule has 0 radical (unpaired) electrons. The Hall–Kier alpha value is -2.61. The predicted molar refractivity (Wildman–Crippen MR) is 90.3 cm³/mol. The maximum atomic E-state index is 12.1. The second-order valence-electron chi connectivity index (χ2n) is 6.33. The van der Waals surface area contributed by atoms with E-state index in [4.69, 9.17) is 4.74 Å². The Balaban J connectivity index is 1.33. The highest BCUT2D eigenvalue weighted by Crippen LogP contribution is 2.36. The number of amides is 1. The molecule has 1 N–H and O–H groups in total. The van der Waals surface area contributed by atoms with Crippen molar-refractivity contribution in [1.29, 1.82) is 0 Å². The molecular formula is C17H20N6O2. The number of hydrogen-bond donors (Lipinski definition) is 1. The summed E-state index contributed by atoms with van der Waals surface area (Å²) in [5, 5.41) is 3.00. The predicted octanol–water partition coefficient (Wildman–Crippen LogP) is 0.779. The van der Waals surface area contributed by atoms with Crippen LogP contribution in [-0.2, 0) is 4.74 Å². The van der Waals surface area contributed by atoms with Crippen molar-refractivity contribution in [1.82, 2.24) is 25.3 Å². The van der Waals surface area contributed by atoms with Gasteiger partial charge in [-0.2, -0.15) is 0 Å². The zero-order valence-corrected chi connectivity index (χ0v) is 13.8. The second kappa shape index (κ2) is 7.10. The van der Waals surface area contributed by atoms with Crippen LogP contribution in [0, 0.1) is 0 Å². The average Bonchev–Trinajstić information content (AvgIpc) is 2.65. The van der Waals surface area contributed by atoms with E-state index in [1.807, 2.05) is 0 Å². The minimum absolute atomic E-state index is 0.154. The Labute approximate surface area is 145 Å². The molecule has 1 aliphatic heterocycles. The van der Waals surface area contributed by atoms with E-state index < -0.39 is 0 Å². The first kappa shape index (κ1) is 15.9. The zero-order valence-electron chi connectivity index (χ0n) is 13.8. The fourth-order valence-corrected chi connectivity index (χ4v) is 3.20. The number of rotatable bonds is 4. The van der Waals surface area contributed by atoms with E-state index in [1.54, 1.807) is 12.5 Å². The molecule has 4 rings (SSSR count). The summed E-state index contributed by atoms with van der Waals surface area (Å²) >= 11 is 0. The maximum Gasteiger partial charge on any atom is 0.271 e. The van der Waals surface area contributed by atoms with E-state index >= 15 is 0 Å². The molecule has 0 atom stereocenters. The third-order valence-corrected chi connectivity index (χ3v) is 4.70. The molecule has 0 bridgehead atoms. The van der Waals surface area contributed by atoms with Crippen LogP contribution in [0.3, 0.4) is 0 Å². The molecule has 0 unspecified atom stereocenters. The molecule has 8 nitrogen and oxygen atoms in total. The lowest BCUT2D eigenvalue weighted by molar-refractivity contribution is 0.0902. The van der Waals surface area contributed by atoms with E-state index in [0.29, 0.717) is 11.6 Å². The minimum atomic E-state index is -0.173. The van der Waals surface area contributed by atoms with Crippen molar-refractivity contribution in [3.05, 3.63) is 42.4 Å². The highest BCUT2D eigenvalue weighted by atomic mass is 16.5. The Morgan fingerprint density at radius 2 is 2.00 bits per heavy atom. The molecule has 2 aromatic rings. The van der Waals surface area contributed by atoms with Crippen molar-refractivity contribution in [2.75, 3.05) is 31.2 Å². The Morgan fingerprint density at radius 3 is 2.76 bits per heavy atom. The summed E-state index contributed by atoms with van der Waals surface area (Å²) in [5.74, 6) is 1.14. The van der Waals surface area contributed by atoms with E-state index in [9.17, 15) is 4.79 Å². The molecule has 2 fully saturated rings. The molecule has 130 valence electrons. The van der Waals surface area contributed by atoms with Crippen LogP contribution in [0.25, 0.3) is 0 Å². The molecule has 25 heavy (non-hydrogen) atoms. The number of hydrogen-bond acceptors (Lipinski definition) is 7. The number of morpholine rings is 1. The number of aromatic nitrogens is 4. The van der Waals surface area contributed by atoms with Gasteiger partial charge in [0.2, 0.25) is 0 Å². The number of anilines is 1. The van der Waals surface area contributed by atoms with Crippen LogP contribution >= 0.6 is 0 Å². The van der Waals surface area contributed by atoms with Crippen LogP contribution in [0.1, 0.15) is 34.9 Å². The normalized spacial score (nSPS) is 23.0. The number of carbonyl (C=O) groups excluding carboxylic acids is 1. The monoisotopic (exact) mass is 340 g/mol. The van der Waals surface area contributed by atoms with Gasteiger partial charge in [0, 0.05) is 49.2 Å². The number of nitrogens with one attached hydrogen (secondary N) is 1. The average molecular weight is 340 g/mol. The van der Waals surface area contributed by atoms with Crippen molar-refractivity contribution in [2.24, 2.45) is 0 Å². The first-order chi connectivity index (χ1) is 12.3. The molecule has 1 saturated carbocycles. The highest BCUT2D eigenvalue weighted by Gasteiger charge is 2.33. The SMILES string of the molecule is O=C(NC1CC(c2cc(N3CCOCC3)ncn2)C1)c1cnccn1. The lowest BCUT2D eigenvalue weighted by Gasteiger charge is -2.36. The minimum Gasteiger partial charge on any atom is -0.378 e. The van der Waals surface area contributed by atoms with Crippen molar-refractivity contribution < 1.29 is 9.53 Å². The van der Waals surface area contributed by atoms with Gasteiger partial charge in [-0.15, -0.1) is 0 Å². The fraction of sp³-hybridized carbons (Fsp3) is 0.471. The van der Waals surface area contributed by atoms with Crippen molar-refractivity contribution in [2.45, 2.75) is 24.8 Å². The van der Waals surface area contributed by atoms with Crippen molar-refractivity contribution in [3.63, 3.8) is 0 Å². The summed E-state index contributed by atoms with van der Waals surface area (Å²) in [7, 11) is 0. The Morgan fingerprint density at radius 1 is 1.16 bits per heavy atom. The van der Waals surface area contributed by atoms with E-state index in [1.165, 1.54) is 12.4 Å².